The SMILES string of the molecule is CCN(C)C=Nc1cc(Cl)c(C(=O)OCCC(F)(F)F)cc1C. The molecule has 0 fully saturated rings. The molecule has 0 aliphatic rings. The van der Waals surface area contributed by atoms with E-state index in [0.29, 0.717) is 11.3 Å². The molecule has 1 aromatic rings. The molecule has 0 saturated carbocycles. The van der Waals surface area contributed by atoms with Crippen molar-refractivity contribution >= 4 is 29.6 Å². The van der Waals surface area contributed by atoms with E-state index in [0.717, 1.165) is 6.54 Å². The van der Waals surface area contributed by atoms with Crippen LogP contribution in [0.25, 0.3) is 0 Å². The molecule has 0 bridgehead atoms. The number of aliphatic imine (C=N–C) groups is 1. The normalized spacial score (nSPS) is 11.8. The predicted molar refractivity (Wildman–Crippen MR) is 83.6 cm³/mol. The Kier molecular flexibility index (Phi) is 6.87. The highest BCUT2D eigenvalue weighted by molar-refractivity contribution is 6.33. The van der Waals surface area contributed by atoms with E-state index in [4.69, 9.17) is 11.6 Å². The number of ether oxygens (including phenoxy) is 1. The first-order valence-electron chi connectivity index (χ1n) is 6.92. The van der Waals surface area contributed by atoms with Crippen LogP contribution in [0.1, 0.15) is 29.3 Å². The lowest BCUT2D eigenvalue weighted by Gasteiger charge is -2.11. The molecular weight excluding hydrogens is 333 g/mol. The zero-order valence-electron chi connectivity index (χ0n) is 13.1. The van der Waals surface area contributed by atoms with Crippen LogP contribution in [0.4, 0.5) is 18.9 Å². The summed E-state index contributed by atoms with van der Waals surface area (Å²) in [6.45, 7) is 3.73. The average molecular weight is 351 g/mol. The number of rotatable bonds is 6. The number of hydrogen-bond donors (Lipinski definition) is 0. The fourth-order valence-corrected chi connectivity index (χ4v) is 1.78. The second kappa shape index (κ2) is 8.19. The fraction of sp³-hybridized carbons (Fsp3) is 0.467. The third kappa shape index (κ3) is 6.48. The molecule has 0 atom stereocenters. The van der Waals surface area contributed by atoms with Crippen LogP contribution >= 0.6 is 11.6 Å². The van der Waals surface area contributed by atoms with Gasteiger partial charge in [-0.1, -0.05) is 11.6 Å². The van der Waals surface area contributed by atoms with Gasteiger partial charge in [0.1, 0.15) is 6.61 Å². The number of benzene rings is 1. The number of carbonyl (C=O) groups is 1. The van der Waals surface area contributed by atoms with Gasteiger partial charge in [0.2, 0.25) is 0 Å². The Balaban J connectivity index is 2.83. The summed E-state index contributed by atoms with van der Waals surface area (Å²) < 4.78 is 40.7. The van der Waals surface area contributed by atoms with Crippen LogP contribution < -0.4 is 0 Å². The molecule has 0 aromatic heterocycles. The van der Waals surface area contributed by atoms with E-state index in [2.05, 4.69) is 9.73 Å². The second-order valence-corrected chi connectivity index (χ2v) is 5.34. The van der Waals surface area contributed by atoms with Gasteiger partial charge in [-0.15, -0.1) is 0 Å². The first-order chi connectivity index (χ1) is 10.6. The number of halogens is 4. The van der Waals surface area contributed by atoms with Crippen LogP contribution in [0.5, 0.6) is 0 Å². The van der Waals surface area contributed by atoms with Crippen molar-refractivity contribution < 1.29 is 22.7 Å². The largest absolute Gasteiger partial charge is 0.462 e. The van der Waals surface area contributed by atoms with Gasteiger partial charge in [0, 0.05) is 13.6 Å². The molecular formula is C15H18ClF3N2O2. The van der Waals surface area contributed by atoms with Gasteiger partial charge in [0.25, 0.3) is 0 Å². The van der Waals surface area contributed by atoms with E-state index >= 15 is 0 Å². The van der Waals surface area contributed by atoms with Crippen LogP contribution in [-0.2, 0) is 4.74 Å². The lowest BCUT2D eigenvalue weighted by molar-refractivity contribution is -0.141. The Labute approximate surface area is 137 Å². The molecule has 0 amide bonds. The van der Waals surface area contributed by atoms with Crippen molar-refractivity contribution in [3.05, 3.63) is 28.3 Å². The maximum atomic E-state index is 12.0. The van der Waals surface area contributed by atoms with Crippen molar-refractivity contribution in [2.24, 2.45) is 4.99 Å². The number of carbonyl (C=O) groups excluding carboxylic acids is 1. The standard InChI is InChI=1S/C15H18ClF3N2O2/c1-4-21(3)9-20-13-8-12(16)11(7-10(13)2)14(22)23-6-5-15(17,18)19/h7-9H,4-6H2,1-3H3. The summed E-state index contributed by atoms with van der Waals surface area (Å²) in [7, 11) is 1.85. The zero-order chi connectivity index (χ0) is 17.6. The highest BCUT2D eigenvalue weighted by Crippen LogP contribution is 2.28. The number of nitrogens with zero attached hydrogens (tertiary/aromatic N) is 2. The van der Waals surface area contributed by atoms with Crippen molar-refractivity contribution in [1.82, 2.24) is 4.90 Å². The van der Waals surface area contributed by atoms with Crippen molar-refractivity contribution in [3.63, 3.8) is 0 Å². The van der Waals surface area contributed by atoms with Crippen LogP contribution in [-0.4, -0.2) is 43.6 Å². The second-order valence-electron chi connectivity index (χ2n) is 4.94. The summed E-state index contributed by atoms with van der Waals surface area (Å²) in [5, 5.41) is 0.0823. The molecule has 0 heterocycles. The molecule has 0 saturated heterocycles. The molecule has 8 heteroatoms. The Morgan fingerprint density at radius 2 is 2.09 bits per heavy atom. The Morgan fingerprint density at radius 3 is 2.65 bits per heavy atom. The Morgan fingerprint density at radius 1 is 1.43 bits per heavy atom. The maximum absolute atomic E-state index is 12.0. The van der Waals surface area contributed by atoms with Gasteiger partial charge in [-0.2, -0.15) is 13.2 Å². The Bertz CT molecular complexity index is 589. The van der Waals surface area contributed by atoms with E-state index in [9.17, 15) is 18.0 Å². The average Bonchev–Trinajstić information content (AvgIpc) is 2.45. The number of alkyl halides is 3. The maximum Gasteiger partial charge on any atom is 0.392 e. The smallest absolute Gasteiger partial charge is 0.392 e. The first kappa shape index (κ1) is 19.3. The fourth-order valence-electron chi connectivity index (χ4n) is 1.55. The summed E-state index contributed by atoms with van der Waals surface area (Å²) >= 11 is 6.00. The molecule has 0 unspecified atom stereocenters. The molecule has 23 heavy (non-hydrogen) atoms. The molecule has 128 valence electrons. The van der Waals surface area contributed by atoms with Gasteiger partial charge in [-0.25, -0.2) is 9.79 Å². The van der Waals surface area contributed by atoms with Gasteiger partial charge in [0.05, 0.1) is 29.0 Å². The summed E-state index contributed by atoms with van der Waals surface area (Å²) in [5.74, 6) is -0.886. The van der Waals surface area contributed by atoms with Gasteiger partial charge < -0.3 is 9.64 Å². The summed E-state index contributed by atoms with van der Waals surface area (Å²) in [4.78, 5) is 17.9. The summed E-state index contributed by atoms with van der Waals surface area (Å²) in [6, 6.07) is 2.94. The lowest BCUT2D eigenvalue weighted by Crippen LogP contribution is -2.15. The number of esters is 1. The summed E-state index contributed by atoms with van der Waals surface area (Å²) in [6.07, 6.45) is -3.94. The van der Waals surface area contributed by atoms with E-state index in [1.165, 1.54) is 12.1 Å². The highest BCUT2D eigenvalue weighted by Gasteiger charge is 2.27. The van der Waals surface area contributed by atoms with Crippen molar-refractivity contribution in [2.45, 2.75) is 26.4 Å². The monoisotopic (exact) mass is 350 g/mol. The van der Waals surface area contributed by atoms with Crippen LogP contribution in [0, 0.1) is 6.92 Å². The molecule has 0 radical (unpaired) electrons. The minimum absolute atomic E-state index is 0.0223. The molecule has 1 rings (SSSR count). The van der Waals surface area contributed by atoms with Crippen LogP contribution in [0.2, 0.25) is 5.02 Å². The highest BCUT2D eigenvalue weighted by atomic mass is 35.5. The van der Waals surface area contributed by atoms with Crippen molar-refractivity contribution in [2.75, 3.05) is 20.2 Å². The lowest BCUT2D eigenvalue weighted by atomic mass is 10.1. The Hall–Kier alpha value is -1.76. The minimum Gasteiger partial charge on any atom is -0.462 e. The van der Waals surface area contributed by atoms with Crippen molar-refractivity contribution in [1.29, 1.82) is 0 Å². The zero-order valence-corrected chi connectivity index (χ0v) is 13.8. The number of aryl methyl sites for hydroxylation is 1. The minimum atomic E-state index is -4.37. The van der Waals surface area contributed by atoms with Gasteiger partial charge in [-0.05, 0) is 31.5 Å². The summed E-state index contributed by atoms with van der Waals surface area (Å²) in [5.41, 5.74) is 1.26. The topological polar surface area (TPSA) is 41.9 Å². The van der Waals surface area contributed by atoms with Crippen LogP contribution in [0.3, 0.4) is 0 Å². The van der Waals surface area contributed by atoms with Gasteiger partial charge in [-0.3, -0.25) is 0 Å². The van der Waals surface area contributed by atoms with Gasteiger partial charge in [0.15, 0.2) is 0 Å². The van der Waals surface area contributed by atoms with E-state index < -0.39 is 25.2 Å². The third-order valence-electron chi connectivity index (χ3n) is 3.02. The molecule has 4 nitrogen and oxygen atoms in total. The van der Waals surface area contributed by atoms with E-state index in [-0.39, 0.29) is 10.6 Å². The molecule has 0 N–H and O–H groups in total. The predicted octanol–water partition coefficient (Wildman–Crippen LogP) is 4.37. The first-order valence-corrected chi connectivity index (χ1v) is 7.30. The number of hydrogen-bond acceptors (Lipinski definition) is 3. The molecule has 1 aromatic carbocycles. The van der Waals surface area contributed by atoms with E-state index in [1.54, 1.807) is 13.3 Å². The molecule has 0 aliphatic heterocycles. The third-order valence-corrected chi connectivity index (χ3v) is 3.33. The van der Waals surface area contributed by atoms with Gasteiger partial charge >= 0.3 is 12.1 Å². The van der Waals surface area contributed by atoms with Crippen LogP contribution in [0.15, 0.2) is 17.1 Å². The quantitative estimate of drug-likeness (QED) is 0.434. The molecule has 0 spiro atoms. The van der Waals surface area contributed by atoms with Crippen molar-refractivity contribution in [3.8, 4) is 0 Å². The molecule has 0 aliphatic carbocycles. The van der Waals surface area contributed by atoms with E-state index in [1.807, 2.05) is 18.9 Å².